The molecule has 4 aliphatic rings. The molecule has 0 N–H and O–H groups in total. The van der Waals surface area contributed by atoms with Crippen LogP contribution in [0.4, 0.5) is 0 Å². The van der Waals surface area contributed by atoms with Crippen molar-refractivity contribution in [3.63, 3.8) is 0 Å². The maximum absolute atomic E-state index is 13.7. The summed E-state index contributed by atoms with van der Waals surface area (Å²) in [6.07, 6.45) is 7.77. The highest BCUT2D eigenvalue weighted by molar-refractivity contribution is 6.74. The van der Waals surface area contributed by atoms with Gasteiger partial charge in [0.2, 0.25) is 0 Å². The van der Waals surface area contributed by atoms with Crippen molar-refractivity contribution in [2.75, 3.05) is 13.2 Å². The number of rotatable bonds is 18. The molecule has 0 aromatic heterocycles. The third-order valence-corrected chi connectivity index (χ3v) is 19.3. The van der Waals surface area contributed by atoms with E-state index < -0.39 is 13.7 Å². The lowest BCUT2D eigenvalue weighted by Gasteiger charge is -2.40. The third-order valence-electron chi connectivity index (χ3n) is 14.8. The lowest BCUT2D eigenvalue weighted by Crippen LogP contribution is -2.49. The number of amides is 2. The van der Waals surface area contributed by atoms with Crippen LogP contribution in [-0.4, -0.2) is 86.9 Å². The number of carbonyl (C=O) groups is 3. The smallest absolute Gasteiger partial charge is 0.311 e. The number of carbonyl (C=O) groups excluding carboxylic acids is 3. The number of benzene rings is 2. The molecule has 2 amide bonds. The Morgan fingerprint density at radius 3 is 2.10 bits per heavy atom. The van der Waals surface area contributed by atoms with Crippen molar-refractivity contribution in [3.05, 3.63) is 95.6 Å². The highest BCUT2D eigenvalue weighted by Gasteiger charge is 2.48. The number of nitrogens with zero attached hydrogens (tertiary/aromatic N) is 1. The van der Waals surface area contributed by atoms with E-state index in [1.807, 2.05) is 32.9 Å². The summed E-state index contributed by atoms with van der Waals surface area (Å²) in [5.74, 6) is 0.0994. The molecule has 2 aromatic rings. The molecule has 9 nitrogen and oxygen atoms in total. The Balaban J connectivity index is 1.13. The summed E-state index contributed by atoms with van der Waals surface area (Å²) >= 11 is 0. The summed E-state index contributed by atoms with van der Waals surface area (Å²) in [6, 6.07) is 17.8. The maximum Gasteiger partial charge on any atom is 0.311 e. The first-order chi connectivity index (χ1) is 29.6. The Hall–Kier alpha value is -3.41. The number of esters is 1. The number of hydrogen-bond acceptors (Lipinski definition) is 8. The second-order valence-electron chi connectivity index (χ2n) is 21.7. The lowest BCUT2D eigenvalue weighted by molar-refractivity contribution is -0.153. The first kappa shape index (κ1) is 49.0. The van der Waals surface area contributed by atoms with Gasteiger partial charge >= 0.3 is 5.97 Å². The Kier molecular flexibility index (Phi) is 15.9. The van der Waals surface area contributed by atoms with Crippen LogP contribution in [0.1, 0.15) is 139 Å². The van der Waals surface area contributed by atoms with Crippen LogP contribution in [0.25, 0.3) is 0 Å². The van der Waals surface area contributed by atoms with Crippen molar-refractivity contribution in [2.24, 2.45) is 23.2 Å². The molecule has 4 aliphatic heterocycles. The fourth-order valence-electron chi connectivity index (χ4n) is 9.73. The summed E-state index contributed by atoms with van der Waals surface area (Å²) in [5.41, 5.74) is 3.99. The third kappa shape index (κ3) is 12.1. The van der Waals surface area contributed by atoms with Gasteiger partial charge in [0.05, 0.1) is 72.4 Å². The number of ether oxygens (including phenoxy) is 4. The lowest BCUT2D eigenvalue weighted by atomic mass is 9.79. The quantitative estimate of drug-likeness (QED) is 0.0480. The highest BCUT2D eigenvalue weighted by Crippen LogP contribution is 2.45. The van der Waals surface area contributed by atoms with Crippen LogP contribution < -0.4 is 0 Å². The summed E-state index contributed by atoms with van der Waals surface area (Å²) in [6.45, 7) is 30.9. The molecular weight excluding hydrogens is 807 g/mol. The van der Waals surface area contributed by atoms with Gasteiger partial charge in [0.25, 0.3) is 11.8 Å². The van der Waals surface area contributed by atoms with E-state index in [9.17, 15) is 14.4 Å². The molecule has 0 bridgehead atoms. The average molecular weight is 884 g/mol. The van der Waals surface area contributed by atoms with Crippen molar-refractivity contribution in [1.29, 1.82) is 0 Å². The zero-order chi connectivity index (χ0) is 45.9. The minimum Gasteiger partial charge on any atom is -0.465 e. The molecule has 0 radical (unpaired) electrons. The van der Waals surface area contributed by atoms with Crippen LogP contribution in [-0.2, 0) is 34.6 Å². The fourth-order valence-corrected chi connectivity index (χ4v) is 11.1. The van der Waals surface area contributed by atoms with Crippen molar-refractivity contribution in [3.8, 4) is 0 Å². The molecule has 3 saturated heterocycles. The minimum atomic E-state index is -2.32. The van der Waals surface area contributed by atoms with Gasteiger partial charge < -0.3 is 23.4 Å². The van der Waals surface area contributed by atoms with Gasteiger partial charge in [-0.1, -0.05) is 90.2 Å². The van der Waals surface area contributed by atoms with Crippen molar-refractivity contribution in [1.82, 2.24) is 4.90 Å². The second-order valence-corrected chi connectivity index (χ2v) is 26.4. The van der Waals surface area contributed by atoms with Crippen LogP contribution in [0.5, 0.6) is 0 Å². The van der Waals surface area contributed by atoms with E-state index in [0.717, 1.165) is 68.9 Å². The van der Waals surface area contributed by atoms with Gasteiger partial charge in [-0.3, -0.25) is 19.3 Å². The largest absolute Gasteiger partial charge is 0.465 e. The minimum absolute atomic E-state index is 0.00134. The molecule has 3 unspecified atom stereocenters. The molecule has 10 heteroatoms. The van der Waals surface area contributed by atoms with E-state index in [-0.39, 0.29) is 83.9 Å². The zero-order valence-corrected chi connectivity index (χ0v) is 41.1. The normalized spacial score (nSPS) is 28.5. The molecule has 0 spiro atoms. The van der Waals surface area contributed by atoms with E-state index in [2.05, 4.69) is 91.2 Å². The Morgan fingerprint density at radius 2 is 1.46 bits per heavy atom. The van der Waals surface area contributed by atoms with E-state index >= 15 is 0 Å². The topological polar surface area (TPSA) is 101 Å². The summed E-state index contributed by atoms with van der Waals surface area (Å²) < 4.78 is 33.3. The number of imide groups is 1. The molecule has 0 aliphatic carbocycles. The highest BCUT2D eigenvalue weighted by atomic mass is 28.4. The summed E-state index contributed by atoms with van der Waals surface area (Å²) in [5, 5.41) is -0.0647. The molecule has 63 heavy (non-hydrogen) atoms. The number of hydrogen-bond donors (Lipinski definition) is 0. The van der Waals surface area contributed by atoms with Gasteiger partial charge in [-0.25, -0.2) is 0 Å². The number of aryl methyl sites for hydroxylation is 1. The van der Waals surface area contributed by atoms with E-state index in [0.29, 0.717) is 30.1 Å². The second kappa shape index (κ2) is 20.4. The fraction of sp³-hybridized carbons (Fsp3) is 0.642. The van der Waals surface area contributed by atoms with Gasteiger partial charge in [-0.05, 0) is 137 Å². The van der Waals surface area contributed by atoms with Crippen LogP contribution in [0.2, 0.25) is 18.1 Å². The van der Waals surface area contributed by atoms with E-state index in [1.165, 1.54) is 10.5 Å². The maximum atomic E-state index is 13.7. The van der Waals surface area contributed by atoms with Crippen LogP contribution in [0.3, 0.4) is 0 Å². The number of fused-ring (bicyclic) bond motifs is 1. The van der Waals surface area contributed by atoms with Crippen LogP contribution >= 0.6 is 0 Å². The molecule has 2 aromatic carbocycles. The van der Waals surface area contributed by atoms with Gasteiger partial charge in [-0.2, -0.15) is 0 Å². The predicted molar refractivity (Wildman–Crippen MR) is 252 cm³/mol. The van der Waals surface area contributed by atoms with Gasteiger partial charge in [0.15, 0.2) is 8.32 Å². The monoisotopic (exact) mass is 884 g/mol. The van der Waals surface area contributed by atoms with Gasteiger partial charge in [0.1, 0.15) is 0 Å². The summed E-state index contributed by atoms with van der Waals surface area (Å²) in [4.78, 5) is 40.9. The SMILES string of the molecule is C=C1C[C@H](CCCOC(=O)C(C)(C)C)OC1CC[C@H]1C[C@@H](C)C(=C)C(C[C@@H]2O[C@H](C[C@@H](CN3C(=O)c4ccccc4C3=O)O[Si](C)(C)C(C)(C)C)[C@H](C)C2CCc2ccccc2)O1. The molecule has 10 atom stereocenters. The van der Waals surface area contributed by atoms with Crippen molar-refractivity contribution >= 4 is 26.1 Å². The Labute approximate surface area is 379 Å². The Morgan fingerprint density at radius 1 is 0.825 bits per heavy atom. The van der Waals surface area contributed by atoms with Crippen LogP contribution in [0.15, 0.2) is 78.9 Å². The average Bonchev–Trinajstić information content (AvgIpc) is 3.81. The van der Waals surface area contributed by atoms with Gasteiger partial charge in [0, 0.05) is 12.8 Å². The molecule has 6 rings (SSSR count). The molecule has 4 heterocycles. The first-order valence-corrected chi connectivity index (χ1v) is 26.7. The predicted octanol–water partition coefficient (Wildman–Crippen LogP) is 11.3. The van der Waals surface area contributed by atoms with Crippen molar-refractivity contribution < 1.29 is 37.8 Å². The molecule has 3 fully saturated rings. The first-order valence-electron chi connectivity index (χ1n) is 23.8. The molecule has 346 valence electrons. The zero-order valence-electron chi connectivity index (χ0n) is 40.1. The van der Waals surface area contributed by atoms with Gasteiger partial charge in [-0.15, -0.1) is 0 Å². The molecule has 0 saturated carbocycles. The van der Waals surface area contributed by atoms with E-state index in [4.69, 9.17) is 23.4 Å². The Bertz CT molecular complexity index is 1900. The summed E-state index contributed by atoms with van der Waals surface area (Å²) in [7, 11) is -2.32. The van der Waals surface area contributed by atoms with E-state index in [1.54, 1.807) is 12.1 Å². The standard InChI is InChI=1S/C53H77NO8Si/c1-34-29-40(25-27-45-35(2)30-39(59-45)21-18-28-58-51(57)52(5,6)7)60-47(36(34)3)32-48-42(26-24-38-19-14-13-15-20-38)37(4)46(61-48)31-41(62-63(11,12)53(8,9)10)33-54-49(55)43-22-16-17-23-44(43)50(54)56/h13-17,19-20,22-23,34,37,39-42,45-48H,2-3,18,21,24-33H2,1,4-12H3/t34-,37-,39+,40+,41+,42?,45?,46-,47?,48+/m1/s1. The molecular formula is C53H77NO8Si. The van der Waals surface area contributed by atoms with Crippen molar-refractivity contribution in [2.45, 2.75) is 180 Å². The van der Waals surface area contributed by atoms with Crippen LogP contribution in [0, 0.1) is 23.2 Å².